The molecule has 0 saturated heterocycles. The first-order chi connectivity index (χ1) is 22.9. The van der Waals surface area contributed by atoms with Crippen LogP contribution in [0.4, 0.5) is 5.69 Å². The first kappa shape index (κ1) is 27.0. The normalized spacial score (nSPS) is 12.1. The van der Waals surface area contributed by atoms with Crippen LogP contribution in [0.3, 0.4) is 0 Å². The molecule has 0 unspecified atom stereocenters. The molecule has 0 bridgehead atoms. The van der Waals surface area contributed by atoms with Gasteiger partial charge < -0.3 is 13.6 Å². The maximum absolute atomic E-state index is 10.4. The summed E-state index contributed by atoms with van der Waals surface area (Å²) in [6.07, 6.45) is 0. The van der Waals surface area contributed by atoms with Crippen LogP contribution in [0, 0.1) is 17.9 Å². The number of furan rings is 1. The van der Waals surface area contributed by atoms with Crippen LogP contribution in [0.2, 0.25) is 0 Å². The van der Waals surface area contributed by atoms with Gasteiger partial charge in [-0.05, 0) is 65.6 Å². The van der Waals surface area contributed by atoms with E-state index in [4.69, 9.17) is 11.0 Å². The Morgan fingerprint density at radius 3 is 1.85 bits per heavy atom. The molecule has 222 valence electrons. The highest BCUT2D eigenvalue weighted by Gasteiger charge is 2.25. The minimum Gasteiger partial charge on any atom is -0.455 e. The van der Waals surface area contributed by atoms with E-state index in [9.17, 15) is 5.26 Å². The minimum atomic E-state index is -0.0729. The van der Waals surface area contributed by atoms with Gasteiger partial charge in [-0.15, -0.1) is 0 Å². The molecule has 0 radical (unpaired) electrons. The van der Waals surface area contributed by atoms with Gasteiger partial charge in [0, 0.05) is 26.9 Å². The lowest BCUT2D eigenvalue weighted by molar-refractivity contribution is 0.591. The maximum atomic E-state index is 10.4. The molecule has 0 fully saturated rings. The Balaban J connectivity index is 1.46. The largest absolute Gasteiger partial charge is 0.455 e. The Morgan fingerprint density at radius 1 is 0.638 bits per heavy atom. The summed E-state index contributed by atoms with van der Waals surface area (Å²) in [6.45, 7) is 15.3. The number of para-hydroxylation sites is 3. The van der Waals surface area contributed by atoms with E-state index in [0.717, 1.165) is 65.6 Å². The van der Waals surface area contributed by atoms with E-state index < -0.39 is 0 Å². The van der Waals surface area contributed by atoms with Crippen molar-refractivity contribution in [2.24, 2.45) is 0 Å². The predicted octanol–water partition coefficient (Wildman–Crippen LogP) is 11.5. The summed E-state index contributed by atoms with van der Waals surface area (Å²) in [5.74, 6) is 0. The Bertz CT molecular complexity index is 2800. The Labute approximate surface area is 270 Å². The predicted molar refractivity (Wildman–Crippen MR) is 192 cm³/mol. The molecule has 0 aliphatic rings. The second kappa shape index (κ2) is 9.60. The molecular weight excluding hydrogens is 576 g/mol. The van der Waals surface area contributed by atoms with E-state index >= 15 is 0 Å². The van der Waals surface area contributed by atoms with Crippen molar-refractivity contribution in [3.05, 3.63) is 138 Å². The van der Waals surface area contributed by atoms with Crippen molar-refractivity contribution >= 4 is 71.2 Å². The summed E-state index contributed by atoms with van der Waals surface area (Å²) < 4.78 is 10.9. The highest BCUT2D eigenvalue weighted by molar-refractivity contribution is 6.24. The lowest BCUT2D eigenvalue weighted by Gasteiger charge is -2.19. The van der Waals surface area contributed by atoms with Crippen molar-refractivity contribution in [3.63, 3.8) is 0 Å². The van der Waals surface area contributed by atoms with Crippen molar-refractivity contribution in [3.8, 4) is 17.4 Å². The third-order valence-electron chi connectivity index (χ3n) is 9.51. The van der Waals surface area contributed by atoms with Gasteiger partial charge in [-0.1, -0.05) is 81.4 Å². The number of aromatic nitrogens is 2. The maximum Gasteiger partial charge on any atom is 0.234 e. The van der Waals surface area contributed by atoms with Crippen molar-refractivity contribution < 1.29 is 4.42 Å². The minimum absolute atomic E-state index is 0.0729. The van der Waals surface area contributed by atoms with Crippen LogP contribution in [0.1, 0.15) is 31.9 Å². The van der Waals surface area contributed by atoms with E-state index in [0.29, 0.717) is 22.6 Å². The zero-order chi connectivity index (χ0) is 32.0. The first-order valence-corrected chi connectivity index (χ1v) is 15.7. The molecule has 9 rings (SSSR count). The lowest BCUT2D eigenvalue weighted by atomic mass is 9.86. The topological polar surface area (TPSA) is 51.1 Å². The molecule has 0 N–H and O–H groups in total. The summed E-state index contributed by atoms with van der Waals surface area (Å²) >= 11 is 0. The number of nitrogens with zero attached hydrogens (tertiary/aromatic N) is 4. The number of hydrogen-bond acceptors (Lipinski definition) is 2. The van der Waals surface area contributed by atoms with Crippen LogP contribution in [0.5, 0.6) is 0 Å². The highest BCUT2D eigenvalue weighted by Crippen LogP contribution is 2.45. The molecule has 9 aromatic rings. The van der Waals surface area contributed by atoms with Crippen LogP contribution in [0.25, 0.3) is 81.8 Å². The number of benzene rings is 6. The monoisotopic (exact) mass is 604 g/mol. The summed E-state index contributed by atoms with van der Waals surface area (Å²) in [7, 11) is 0. The average molecular weight is 605 g/mol. The second-order valence-corrected chi connectivity index (χ2v) is 13.2. The van der Waals surface area contributed by atoms with Gasteiger partial charge in [-0.2, -0.15) is 5.26 Å². The fraction of sp³-hybridized carbons (Fsp3) is 0.0952. The average Bonchev–Trinajstić information content (AvgIpc) is 3.74. The molecule has 0 atom stereocenters. The standard InChI is InChI=1S/C42H28N4O/c1-42(2,3)26-17-19-34-31(23-26)39-35(20-18-30-29-13-7-10-16-38(29)47-41(30)39)46(34)37-22-25(24-43)21-36(40(37)44-4)45-32-14-8-5-11-27(32)28-12-6-9-15-33(28)45/h5-23H,1-3H3. The molecule has 3 heterocycles. The molecule has 6 aromatic carbocycles. The molecule has 0 aliphatic heterocycles. The summed E-state index contributed by atoms with van der Waals surface area (Å²) in [6, 6.07) is 41.5. The van der Waals surface area contributed by atoms with Gasteiger partial charge in [0.15, 0.2) is 0 Å². The van der Waals surface area contributed by atoms with E-state index in [1.807, 2.05) is 54.6 Å². The Morgan fingerprint density at radius 2 is 1.21 bits per heavy atom. The van der Waals surface area contributed by atoms with Gasteiger partial charge in [-0.25, -0.2) is 4.85 Å². The molecule has 47 heavy (non-hydrogen) atoms. The Kier molecular flexibility index (Phi) is 5.52. The summed E-state index contributed by atoms with van der Waals surface area (Å²) in [5.41, 5.74) is 8.94. The molecule has 0 amide bonds. The number of fused-ring (bicyclic) bond motifs is 10. The molecule has 0 saturated carbocycles. The number of rotatable bonds is 2. The third-order valence-corrected chi connectivity index (χ3v) is 9.51. The smallest absolute Gasteiger partial charge is 0.234 e. The molecule has 0 aliphatic carbocycles. The van der Waals surface area contributed by atoms with Crippen LogP contribution < -0.4 is 0 Å². The van der Waals surface area contributed by atoms with Crippen molar-refractivity contribution in [2.45, 2.75) is 26.2 Å². The molecule has 0 spiro atoms. The summed E-state index contributed by atoms with van der Waals surface area (Å²) in [5, 5.41) is 16.7. The van der Waals surface area contributed by atoms with E-state index in [1.54, 1.807) is 0 Å². The molecule has 5 nitrogen and oxygen atoms in total. The van der Waals surface area contributed by atoms with Gasteiger partial charge >= 0.3 is 0 Å². The van der Waals surface area contributed by atoms with Crippen LogP contribution in [0.15, 0.2) is 120 Å². The van der Waals surface area contributed by atoms with Crippen LogP contribution in [-0.4, -0.2) is 9.13 Å². The van der Waals surface area contributed by atoms with Crippen LogP contribution >= 0.6 is 0 Å². The third kappa shape index (κ3) is 3.75. The van der Waals surface area contributed by atoms with Crippen molar-refractivity contribution in [2.75, 3.05) is 0 Å². The zero-order valence-electron chi connectivity index (χ0n) is 26.2. The summed E-state index contributed by atoms with van der Waals surface area (Å²) in [4.78, 5) is 4.21. The second-order valence-electron chi connectivity index (χ2n) is 13.2. The first-order valence-electron chi connectivity index (χ1n) is 15.7. The fourth-order valence-corrected chi connectivity index (χ4v) is 7.32. The Hall–Kier alpha value is -6.30. The van der Waals surface area contributed by atoms with Gasteiger partial charge in [0.05, 0.1) is 57.0 Å². The number of nitriles is 1. The molecule has 5 heteroatoms. The van der Waals surface area contributed by atoms with Crippen LogP contribution in [-0.2, 0) is 5.41 Å². The quantitative estimate of drug-likeness (QED) is 0.184. The van der Waals surface area contributed by atoms with Crippen molar-refractivity contribution in [1.82, 2.24) is 9.13 Å². The van der Waals surface area contributed by atoms with Gasteiger partial charge in [0.25, 0.3) is 0 Å². The fourth-order valence-electron chi connectivity index (χ4n) is 7.32. The number of hydrogen-bond donors (Lipinski definition) is 0. The van der Waals surface area contributed by atoms with E-state index in [-0.39, 0.29) is 5.41 Å². The van der Waals surface area contributed by atoms with Gasteiger partial charge in [-0.3, -0.25) is 0 Å². The van der Waals surface area contributed by atoms with Crippen molar-refractivity contribution in [1.29, 1.82) is 5.26 Å². The van der Waals surface area contributed by atoms with E-state index in [2.05, 4.69) is 101 Å². The molecular formula is C42H28N4O. The molecule has 3 aromatic heterocycles. The van der Waals surface area contributed by atoms with E-state index in [1.165, 1.54) is 5.56 Å². The highest BCUT2D eigenvalue weighted by atomic mass is 16.3. The van der Waals surface area contributed by atoms with Gasteiger partial charge in [0.1, 0.15) is 11.2 Å². The lowest BCUT2D eigenvalue weighted by Crippen LogP contribution is -2.10. The zero-order valence-corrected chi connectivity index (χ0v) is 26.2. The van der Waals surface area contributed by atoms with Gasteiger partial charge in [0.2, 0.25) is 5.69 Å². The SMILES string of the molecule is [C-]#[N+]c1c(-n2c3ccccc3c3ccccc32)cc(C#N)cc1-n1c2ccc(C(C)(C)C)cc2c2c3oc4ccccc4c3ccc21.